The number of aliphatic carboxylic acids is 1. The molecule has 2 aromatic carbocycles. The summed E-state index contributed by atoms with van der Waals surface area (Å²) in [5, 5.41) is 16.1. The molecule has 62 heavy (non-hydrogen) atoms. The van der Waals surface area contributed by atoms with E-state index in [1.807, 2.05) is 34.9 Å². The van der Waals surface area contributed by atoms with Crippen molar-refractivity contribution in [3.05, 3.63) is 70.1 Å². The van der Waals surface area contributed by atoms with Gasteiger partial charge in [0, 0.05) is 60.8 Å². The van der Waals surface area contributed by atoms with E-state index in [4.69, 9.17) is 43.2 Å². The standard InChI is InChI=1S/C19H23ClN2O2S.C18H17FN4O2S.C5H12NO4P/c1-2-3-4-5-6-10-13-25-19(23)24-16-14-17(20)21-22-18(16)15-11-8-7-9-12-15;1-4-5-22-13-7-12(11(19)6-14(13)25-9-16(22)24)20-17-23-10-18(2,3)8-15(23)21-26-17;1-11(9,10)3-2-4(6)5(7)8/h7-9,11-12,14H,2-6,10,13H2,1H3;1,6-7H,5,8-10H2,2-3H3;4H,2-3,6H2,1H3,(H,7,8)(H,9,10)/b;20-17-;. The van der Waals surface area contributed by atoms with E-state index in [9.17, 15) is 23.3 Å². The van der Waals surface area contributed by atoms with Gasteiger partial charge in [-0.2, -0.15) is 4.37 Å². The highest BCUT2D eigenvalue weighted by Gasteiger charge is 2.31. The van der Waals surface area contributed by atoms with Crippen LogP contribution in [0.1, 0.15) is 71.5 Å². The third-order valence-electron chi connectivity index (χ3n) is 9.29. The average Bonchev–Trinajstić information content (AvgIpc) is 3.73. The molecule has 4 aromatic rings. The second kappa shape index (κ2) is 23.7. The van der Waals surface area contributed by atoms with Crippen molar-refractivity contribution in [3.63, 3.8) is 0 Å². The SMILES string of the molecule is C#CCN1C(=O)COc2cc(F)c(/N=c3\snc4n3CC(C)(C)C4)cc21.CCCCCCCCSC(=O)Oc1cc(Cl)nnc1-c1ccccc1.CP(=O)(O)CCC(N)C(=O)O. The van der Waals surface area contributed by atoms with Crippen molar-refractivity contribution in [2.75, 3.05) is 36.6 Å². The summed E-state index contributed by atoms with van der Waals surface area (Å²) in [6, 6.07) is 12.7. The van der Waals surface area contributed by atoms with E-state index >= 15 is 0 Å². The Morgan fingerprint density at radius 3 is 2.56 bits per heavy atom. The molecule has 2 unspecified atom stereocenters. The Labute approximate surface area is 373 Å². The Balaban J connectivity index is 0.000000222. The fraction of sp³-hybridized carbons (Fsp3) is 0.452. The minimum absolute atomic E-state index is 0.0412. The summed E-state index contributed by atoms with van der Waals surface area (Å²) in [5.74, 6) is 2.88. The van der Waals surface area contributed by atoms with Crippen LogP contribution in [0.4, 0.5) is 20.6 Å². The van der Waals surface area contributed by atoms with Crippen LogP contribution in [0, 0.1) is 23.6 Å². The van der Waals surface area contributed by atoms with Crippen molar-refractivity contribution >= 4 is 70.8 Å². The molecule has 15 nitrogen and oxygen atoms in total. The molecule has 6 rings (SSSR count). The summed E-state index contributed by atoms with van der Waals surface area (Å²) >= 11 is 8.34. The number of carboxylic acid groups (broad SMARTS) is 1. The van der Waals surface area contributed by atoms with Crippen LogP contribution in [0.15, 0.2) is 53.5 Å². The zero-order valence-corrected chi connectivity index (χ0v) is 38.4. The van der Waals surface area contributed by atoms with Crippen molar-refractivity contribution in [3.8, 4) is 35.1 Å². The molecule has 0 spiro atoms. The number of carboxylic acids is 1. The van der Waals surface area contributed by atoms with E-state index < -0.39 is 25.2 Å². The lowest BCUT2D eigenvalue weighted by Gasteiger charge is -2.28. The fourth-order valence-corrected chi connectivity index (χ4v) is 8.45. The molecule has 0 saturated heterocycles. The van der Waals surface area contributed by atoms with Gasteiger partial charge in [-0.05, 0) is 36.1 Å². The first kappa shape index (κ1) is 50.0. The number of terminal acetylenes is 1. The van der Waals surface area contributed by atoms with Gasteiger partial charge >= 0.3 is 11.3 Å². The fourth-order valence-electron chi connectivity index (χ4n) is 6.13. The lowest BCUT2D eigenvalue weighted by atomic mass is 9.92. The maximum Gasteiger partial charge on any atom is 0.372 e. The number of benzene rings is 2. The summed E-state index contributed by atoms with van der Waals surface area (Å²) in [5.41, 5.74) is 7.11. The highest BCUT2D eigenvalue weighted by atomic mass is 35.5. The molecule has 4 N–H and O–H groups in total. The van der Waals surface area contributed by atoms with E-state index in [1.165, 1.54) is 78.7 Å². The Kier molecular flexibility index (Phi) is 19.1. The molecule has 0 bridgehead atoms. The first-order valence-electron chi connectivity index (χ1n) is 19.9. The molecule has 0 radical (unpaired) electrons. The number of halogens is 2. The normalized spacial score (nSPS) is 15.3. The van der Waals surface area contributed by atoms with Gasteiger partial charge in [-0.3, -0.25) is 19.1 Å². The molecule has 0 fully saturated rings. The predicted octanol–water partition coefficient (Wildman–Crippen LogP) is 8.34. The number of amides is 1. The number of aromatic nitrogens is 4. The quantitative estimate of drug-likeness (QED) is 0.0443. The number of thioether (sulfide) groups is 1. The Hall–Kier alpha value is -4.63. The van der Waals surface area contributed by atoms with E-state index in [0.717, 1.165) is 42.9 Å². The number of anilines is 1. The highest BCUT2D eigenvalue weighted by Crippen LogP contribution is 2.38. The lowest BCUT2D eigenvalue weighted by molar-refractivity contribution is -0.138. The van der Waals surface area contributed by atoms with Crippen LogP contribution < -0.4 is 24.9 Å². The largest absolute Gasteiger partial charge is 0.481 e. The molecule has 334 valence electrons. The summed E-state index contributed by atoms with van der Waals surface area (Å²) in [4.78, 5) is 49.5. The van der Waals surface area contributed by atoms with Crippen molar-refractivity contribution in [2.24, 2.45) is 16.1 Å². The zero-order valence-electron chi connectivity index (χ0n) is 35.1. The molecule has 0 aliphatic carbocycles. The van der Waals surface area contributed by atoms with Crippen LogP contribution >= 0.6 is 42.3 Å². The average molecular weight is 932 g/mol. The minimum Gasteiger partial charge on any atom is -0.481 e. The number of nitrogens with two attached hydrogens (primary N) is 1. The third kappa shape index (κ3) is 15.6. The lowest BCUT2D eigenvalue weighted by Crippen LogP contribution is -2.39. The molecule has 2 atom stereocenters. The van der Waals surface area contributed by atoms with Gasteiger partial charge in [-0.15, -0.1) is 16.6 Å². The molecule has 2 aliphatic heterocycles. The van der Waals surface area contributed by atoms with Crippen molar-refractivity contribution in [1.29, 1.82) is 0 Å². The molecule has 0 saturated carbocycles. The molecular formula is C42H52ClFN7O8PS2. The number of carbonyl (C=O) groups excluding carboxylic acids is 2. The third-order valence-corrected chi connectivity index (χ3v) is 12.2. The second-order valence-corrected chi connectivity index (χ2v) is 20.1. The summed E-state index contributed by atoms with van der Waals surface area (Å²) in [6.07, 6.45) is 13.4. The highest BCUT2D eigenvalue weighted by molar-refractivity contribution is 8.13. The topological polar surface area (TPSA) is 212 Å². The van der Waals surface area contributed by atoms with Crippen molar-refractivity contribution < 1.29 is 42.8 Å². The van der Waals surface area contributed by atoms with Crippen molar-refractivity contribution in [1.82, 2.24) is 19.1 Å². The number of ether oxygens (including phenoxy) is 2. The summed E-state index contributed by atoms with van der Waals surface area (Å²) in [6.45, 7) is 8.44. The van der Waals surface area contributed by atoms with Gasteiger partial charge in [0.2, 0.25) is 4.80 Å². The zero-order chi connectivity index (χ0) is 45.5. The van der Waals surface area contributed by atoms with Gasteiger partial charge in [0.1, 0.15) is 29.0 Å². The smallest absolute Gasteiger partial charge is 0.372 e. The van der Waals surface area contributed by atoms with Gasteiger partial charge in [0.25, 0.3) is 5.91 Å². The predicted molar refractivity (Wildman–Crippen MR) is 241 cm³/mol. The first-order valence-corrected chi connectivity index (χ1v) is 24.4. The van der Waals surface area contributed by atoms with Crippen LogP contribution in [0.5, 0.6) is 11.5 Å². The van der Waals surface area contributed by atoms with Crippen LogP contribution in [0.3, 0.4) is 0 Å². The number of rotatable bonds is 15. The van der Waals surface area contributed by atoms with Crippen LogP contribution in [-0.4, -0.2) is 84.1 Å². The molecule has 4 heterocycles. The van der Waals surface area contributed by atoms with Crippen LogP contribution in [0.25, 0.3) is 11.3 Å². The van der Waals surface area contributed by atoms with Gasteiger partial charge in [0.05, 0.1) is 12.2 Å². The summed E-state index contributed by atoms with van der Waals surface area (Å²) < 4.78 is 42.4. The maximum absolute atomic E-state index is 14.5. The van der Waals surface area contributed by atoms with Gasteiger partial charge in [-0.25, -0.2) is 14.2 Å². The summed E-state index contributed by atoms with van der Waals surface area (Å²) in [7, 11) is -3.10. The van der Waals surface area contributed by atoms with Gasteiger partial charge < -0.3 is 29.8 Å². The van der Waals surface area contributed by atoms with E-state index in [-0.39, 0.29) is 53.2 Å². The van der Waals surface area contributed by atoms with Crippen LogP contribution in [0.2, 0.25) is 5.15 Å². The number of unbranched alkanes of at least 4 members (excludes halogenated alkanes) is 5. The molecule has 2 aliphatic rings. The first-order chi connectivity index (χ1) is 29.4. The second-order valence-electron chi connectivity index (χ2n) is 15.4. The number of hydrogen-bond acceptors (Lipinski definition) is 13. The van der Waals surface area contributed by atoms with E-state index in [0.29, 0.717) is 27.7 Å². The van der Waals surface area contributed by atoms with Crippen molar-refractivity contribution in [2.45, 2.75) is 84.7 Å². The van der Waals surface area contributed by atoms with Gasteiger partial charge in [0.15, 0.2) is 30.7 Å². The maximum atomic E-state index is 14.5. The number of fused-ring (bicyclic) bond motifs is 2. The van der Waals surface area contributed by atoms with E-state index in [1.54, 1.807) is 0 Å². The Morgan fingerprint density at radius 2 is 1.89 bits per heavy atom. The molecular weight excluding hydrogens is 880 g/mol. The number of hydrogen-bond donors (Lipinski definition) is 3. The molecule has 1 amide bonds. The van der Waals surface area contributed by atoms with E-state index in [2.05, 4.69) is 46.3 Å². The Bertz CT molecular complexity index is 2340. The molecule has 20 heteroatoms. The Morgan fingerprint density at radius 1 is 1.18 bits per heavy atom. The number of nitrogens with zero attached hydrogens (tertiary/aromatic N) is 6. The number of carbonyl (C=O) groups is 3. The van der Waals surface area contributed by atoms with Crippen LogP contribution in [-0.2, 0) is 27.1 Å². The van der Waals surface area contributed by atoms with Gasteiger partial charge in [-0.1, -0.05) is 101 Å². The monoisotopic (exact) mass is 931 g/mol. The minimum atomic E-state index is -3.10. The molecule has 2 aromatic heterocycles.